The van der Waals surface area contributed by atoms with E-state index in [-0.39, 0.29) is 10.6 Å². The van der Waals surface area contributed by atoms with Gasteiger partial charge in [-0.3, -0.25) is 9.40 Å². The smallest absolute Gasteiger partial charge is 0.342 e. The van der Waals surface area contributed by atoms with Crippen LogP contribution in [0.2, 0.25) is 0 Å². The fourth-order valence-corrected chi connectivity index (χ4v) is 2.90. The van der Waals surface area contributed by atoms with Crippen molar-refractivity contribution in [1.82, 2.24) is 10.2 Å². The lowest BCUT2D eigenvalue weighted by Gasteiger charge is -2.18. The number of nitrogens with one attached hydrogen (secondary N) is 1. The van der Waals surface area contributed by atoms with Gasteiger partial charge >= 0.3 is 5.97 Å². The Hall–Kier alpha value is -2.35. The molecule has 0 aliphatic heterocycles. The summed E-state index contributed by atoms with van der Waals surface area (Å²) in [4.78, 5) is 11.5. The van der Waals surface area contributed by atoms with E-state index < -0.39 is 16.0 Å². The van der Waals surface area contributed by atoms with Gasteiger partial charge in [0.2, 0.25) is 0 Å². The monoisotopic (exact) mass is 295 g/mol. The normalized spacial score (nSPS) is 11.1. The molecule has 0 unspecified atom stereocenters. The number of esters is 1. The van der Waals surface area contributed by atoms with Gasteiger partial charge in [0.05, 0.1) is 19.0 Å². The second kappa shape index (κ2) is 5.33. The quantitative estimate of drug-likeness (QED) is 0.850. The molecule has 0 aliphatic carbocycles. The molecule has 1 heterocycles. The molecule has 0 amide bonds. The van der Waals surface area contributed by atoms with Crippen LogP contribution < -0.4 is 4.31 Å². The van der Waals surface area contributed by atoms with E-state index in [1.807, 2.05) is 0 Å². The van der Waals surface area contributed by atoms with E-state index in [0.717, 1.165) is 10.5 Å². The second-order valence-electron chi connectivity index (χ2n) is 3.91. The van der Waals surface area contributed by atoms with Crippen LogP contribution in [0.15, 0.2) is 41.6 Å². The standard InChI is InChI=1S/C12H13N3O4S/c1-15(9-6-4-3-5-7-9)20(17,18)11-10(8-13-14-11)12(16)19-2/h3-8H,1-2H3,(H,13,14). The van der Waals surface area contributed by atoms with Gasteiger partial charge in [-0.15, -0.1) is 0 Å². The zero-order valence-electron chi connectivity index (χ0n) is 10.9. The van der Waals surface area contributed by atoms with Crippen molar-refractivity contribution in [1.29, 1.82) is 0 Å². The number of carbonyl (C=O) groups is 1. The number of hydrogen-bond donors (Lipinski definition) is 1. The number of sulfonamides is 1. The molecule has 1 aromatic carbocycles. The van der Waals surface area contributed by atoms with Gasteiger partial charge in [-0.1, -0.05) is 18.2 Å². The summed E-state index contributed by atoms with van der Waals surface area (Å²) >= 11 is 0. The summed E-state index contributed by atoms with van der Waals surface area (Å²) in [6.45, 7) is 0. The number of aromatic amines is 1. The molecule has 0 saturated carbocycles. The van der Waals surface area contributed by atoms with E-state index in [0.29, 0.717) is 5.69 Å². The van der Waals surface area contributed by atoms with Gasteiger partial charge in [0, 0.05) is 7.05 Å². The van der Waals surface area contributed by atoms with Crippen molar-refractivity contribution < 1.29 is 17.9 Å². The van der Waals surface area contributed by atoms with Gasteiger partial charge in [0.25, 0.3) is 10.0 Å². The molecule has 0 saturated heterocycles. The number of anilines is 1. The van der Waals surface area contributed by atoms with Crippen molar-refractivity contribution in [2.45, 2.75) is 5.03 Å². The highest BCUT2D eigenvalue weighted by molar-refractivity contribution is 7.92. The van der Waals surface area contributed by atoms with E-state index in [1.165, 1.54) is 14.2 Å². The number of rotatable bonds is 4. The lowest BCUT2D eigenvalue weighted by Crippen LogP contribution is -2.28. The highest BCUT2D eigenvalue weighted by Crippen LogP contribution is 2.22. The van der Waals surface area contributed by atoms with E-state index in [1.54, 1.807) is 30.3 Å². The first kappa shape index (κ1) is 14.1. The maximum atomic E-state index is 12.5. The van der Waals surface area contributed by atoms with Crippen LogP contribution in [-0.2, 0) is 14.8 Å². The molecule has 1 aromatic heterocycles. The SMILES string of the molecule is COC(=O)c1cn[nH]c1S(=O)(=O)N(C)c1ccccc1. The van der Waals surface area contributed by atoms with Crippen LogP contribution in [0.5, 0.6) is 0 Å². The zero-order valence-corrected chi connectivity index (χ0v) is 11.7. The topological polar surface area (TPSA) is 92.4 Å². The number of methoxy groups -OCH3 is 1. The number of carbonyl (C=O) groups excluding carboxylic acids is 1. The zero-order chi connectivity index (χ0) is 14.8. The molecular formula is C12H13N3O4S. The molecule has 0 spiro atoms. The van der Waals surface area contributed by atoms with Crippen LogP contribution in [0.25, 0.3) is 0 Å². The summed E-state index contributed by atoms with van der Waals surface area (Å²) in [5.41, 5.74) is 0.341. The van der Waals surface area contributed by atoms with E-state index in [2.05, 4.69) is 14.9 Å². The minimum absolute atomic E-state index is 0.129. The van der Waals surface area contributed by atoms with Gasteiger partial charge in [0.15, 0.2) is 5.03 Å². The summed E-state index contributed by atoms with van der Waals surface area (Å²) in [5, 5.41) is 5.64. The second-order valence-corrected chi connectivity index (χ2v) is 5.82. The van der Waals surface area contributed by atoms with Crippen molar-refractivity contribution in [3.05, 3.63) is 42.1 Å². The van der Waals surface area contributed by atoms with Gasteiger partial charge < -0.3 is 4.74 Å². The number of nitrogens with zero attached hydrogens (tertiary/aromatic N) is 2. The minimum atomic E-state index is -3.92. The van der Waals surface area contributed by atoms with Crippen molar-refractivity contribution in [2.24, 2.45) is 0 Å². The van der Waals surface area contributed by atoms with Gasteiger partial charge in [-0.25, -0.2) is 4.79 Å². The number of ether oxygens (including phenoxy) is 1. The minimum Gasteiger partial charge on any atom is -0.465 e. The van der Waals surface area contributed by atoms with Crippen molar-refractivity contribution >= 4 is 21.7 Å². The first-order valence-corrected chi connectivity index (χ1v) is 7.08. The first-order chi connectivity index (χ1) is 9.48. The molecular weight excluding hydrogens is 282 g/mol. The Morgan fingerprint density at radius 2 is 1.95 bits per heavy atom. The molecule has 1 N–H and O–H groups in total. The number of aromatic nitrogens is 2. The number of benzene rings is 1. The lowest BCUT2D eigenvalue weighted by atomic mass is 10.3. The third kappa shape index (κ3) is 2.37. The van der Waals surface area contributed by atoms with Gasteiger partial charge in [-0.2, -0.15) is 13.5 Å². The van der Waals surface area contributed by atoms with Crippen molar-refractivity contribution in [3.8, 4) is 0 Å². The third-order valence-electron chi connectivity index (χ3n) is 2.75. The first-order valence-electron chi connectivity index (χ1n) is 5.64. The Labute approximate surface area is 116 Å². The Balaban J connectivity index is 2.46. The molecule has 7 nitrogen and oxygen atoms in total. The average Bonchev–Trinajstić information content (AvgIpc) is 2.96. The molecule has 8 heteroatoms. The number of para-hydroxylation sites is 1. The predicted molar refractivity (Wildman–Crippen MR) is 72.0 cm³/mol. The van der Waals surface area contributed by atoms with Crippen LogP contribution >= 0.6 is 0 Å². The molecule has 20 heavy (non-hydrogen) atoms. The maximum absolute atomic E-state index is 12.5. The summed E-state index contributed by atoms with van der Waals surface area (Å²) in [6.07, 6.45) is 1.12. The largest absolute Gasteiger partial charge is 0.465 e. The highest BCUT2D eigenvalue weighted by Gasteiger charge is 2.29. The van der Waals surface area contributed by atoms with Crippen molar-refractivity contribution in [2.75, 3.05) is 18.5 Å². The Morgan fingerprint density at radius 1 is 1.30 bits per heavy atom. The molecule has 2 aromatic rings. The van der Waals surface area contributed by atoms with Crippen molar-refractivity contribution in [3.63, 3.8) is 0 Å². The maximum Gasteiger partial charge on any atom is 0.342 e. The molecule has 106 valence electrons. The molecule has 0 atom stereocenters. The lowest BCUT2D eigenvalue weighted by molar-refractivity contribution is 0.0596. The molecule has 0 fully saturated rings. The average molecular weight is 295 g/mol. The fraction of sp³-hybridized carbons (Fsp3) is 0.167. The summed E-state index contributed by atoms with van der Waals surface area (Å²) in [7, 11) is -1.35. The van der Waals surface area contributed by atoms with Gasteiger partial charge in [0.1, 0.15) is 5.56 Å². The predicted octanol–water partition coefficient (Wildman–Crippen LogP) is 1.02. The van der Waals surface area contributed by atoms with E-state index in [4.69, 9.17) is 0 Å². The number of H-pyrrole nitrogens is 1. The molecule has 0 aliphatic rings. The van der Waals surface area contributed by atoms with Crippen LogP contribution in [0.3, 0.4) is 0 Å². The Morgan fingerprint density at radius 3 is 2.55 bits per heavy atom. The van der Waals surface area contributed by atoms with Gasteiger partial charge in [-0.05, 0) is 12.1 Å². The van der Waals surface area contributed by atoms with E-state index in [9.17, 15) is 13.2 Å². The van der Waals surface area contributed by atoms with Crippen LogP contribution in [0.1, 0.15) is 10.4 Å². The third-order valence-corrected chi connectivity index (χ3v) is 4.51. The fourth-order valence-electron chi connectivity index (χ4n) is 1.64. The Kier molecular flexibility index (Phi) is 3.75. The summed E-state index contributed by atoms with van der Waals surface area (Å²) < 4.78 is 30.6. The Bertz CT molecular complexity index is 709. The molecule has 0 bridgehead atoms. The number of hydrogen-bond acceptors (Lipinski definition) is 5. The molecule has 0 radical (unpaired) electrons. The van der Waals surface area contributed by atoms with Crippen LogP contribution in [0, 0.1) is 0 Å². The summed E-state index contributed by atoms with van der Waals surface area (Å²) in [6, 6.07) is 8.50. The molecule has 2 rings (SSSR count). The van der Waals surface area contributed by atoms with E-state index >= 15 is 0 Å². The van der Waals surface area contributed by atoms with Crippen LogP contribution in [-0.4, -0.2) is 38.7 Å². The summed E-state index contributed by atoms with van der Waals surface area (Å²) in [5.74, 6) is -0.765. The van der Waals surface area contributed by atoms with Crippen LogP contribution in [0.4, 0.5) is 5.69 Å². The highest BCUT2D eigenvalue weighted by atomic mass is 32.2.